The molecule has 36 heavy (non-hydrogen) atoms. The van der Waals surface area contributed by atoms with Gasteiger partial charge in [0.15, 0.2) is 5.82 Å². The van der Waals surface area contributed by atoms with E-state index < -0.39 is 5.82 Å². The van der Waals surface area contributed by atoms with Gasteiger partial charge >= 0.3 is 0 Å². The van der Waals surface area contributed by atoms with Crippen molar-refractivity contribution < 1.29 is 9.18 Å². The van der Waals surface area contributed by atoms with Gasteiger partial charge in [-0.15, -0.1) is 0 Å². The maximum atomic E-state index is 16.0. The average Bonchev–Trinajstić information content (AvgIpc) is 3.54. The van der Waals surface area contributed by atoms with Crippen LogP contribution in [0.2, 0.25) is 0 Å². The number of carbonyl (C=O) groups is 1. The van der Waals surface area contributed by atoms with Gasteiger partial charge in [0.1, 0.15) is 17.0 Å². The lowest BCUT2D eigenvalue weighted by Crippen LogP contribution is -2.09. The minimum atomic E-state index is -0.469. The Bertz CT molecular complexity index is 1740. The Morgan fingerprint density at radius 3 is 2.72 bits per heavy atom. The van der Waals surface area contributed by atoms with E-state index in [0.29, 0.717) is 56.9 Å². The summed E-state index contributed by atoms with van der Waals surface area (Å²) < 4.78 is 16.0. The van der Waals surface area contributed by atoms with E-state index in [1.807, 2.05) is 18.2 Å². The van der Waals surface area contributed by atoms with Crippen molar-refractivity contribution in [2.75, 3.05) is 5.32 Å². The Labute approximate surface area is 203 Å². The summed E-state index contributed by atoms with van der Waals surface area (Å²) in [5.74, 6) is -0.206. The summed E-state index contributed by atoms with van der Waals surface area (Å²) in [6.45, 7) is 1.76. The first-order chi connectivity index (χ1) is 17.6. The van der Waals surface area contributed by atoms with Crippen LogP contribution < -0.4 is 5.32 Å². The van der Waals surface area contributed by atoms with Gasteiger partial charge in [-0.25, -0.2) is 9.37 Å². The average molecular weight is 478 g/mol. The molecule has 0 atom stereocenters. The lowest BCUT2D eigenvalue weighted by molar-refractivity contribution is -0.115. The molecule has 0 aliphatic rings. The van der Waals surface area contributed by atoms with Gasteiger partial charge < -0.3 is 10.3 Å². The van der Waals surface area contributed by atoms with Crippen LogP contribution in [0.15, 0.2) is 67.4 Å². The van der Waals surface area contributed by atoms with Crippen molar-refractivity contribution in [2.45, 2.75) is 13.3 Å². The van der Waals surface area contributed by atoms with E-state index in [2.05, 4.69) is 35.5 Å². The number of amides is 1. The monoisotopic (exact) mass is 478 g/mol. The number of benzene rings is 1. The second-order valence-electron chi connectivity index (χ2n) is 8.17. The van der Waals surface area contributed by atoms with Gasteiger partial charge in [0.05, 0.1) is 34.0 Å². The highest BCUT2D eigenvalue weighted by Gasteiger charge is 2.21. The first-order valence-corrected chi connectivity index (χ1v) is 11.3. The number of nitrogens with one attached hydrogen (secondary N) is 3. The van der Waals surface area contributed by atoms with Crippen LogP contribution >= 0.6 is 0 Å². The molecule has 6 rings (SSSR count). The number of aromatic amines is 2. The number of carbonyl (C=O) groups excluding carboxylic acids is 1. The molecule has 1 aromatic carbocycles. The number of hydrogen-bond donors (Lipinski definition) is 3. The molecule has 9 nitrogen and oxygen atoms in total. The first-order valence-electron chi connectivity index (χ1n) is 11.3. The van der Waals surface area contributed by atoms with Gasteiger partial charge in [-0.2, -0.15) is 5.10 Å². The fourth-order valence-corrected chi connectivity index (χ4v) is 4.13. The largest absolute Gasteiger partial charge is 0.336 e. The summed E-state index contributed by atoms with van der Waals surface area (Å²) in [7, 11) is 0. The lowest BCUT2D eigenvalue weighted by Gasteiger charge is -2.08. The zero-order chi connectivity index (χ0) is 24.6. The summed E-state index contributed by atoms with van der Waals surface area (Å²) in [4.78, 5) is 32.6. The maximum Gasteiger partial charge on any atom is 0.224 e. The number of anilines is 1. The summed E-state index contributed by atoms with van der Waals surface area (Å²) in [6.07, 6.45) is 8.51. The Hall–Kier alpha value is -4.99. The number of fused-ring (bicyclic) bond motifs is 2. The molecule has 1 amide bonds. The first kappa shape index (κ1) is 21.5. The van der Waals surface area contributed by atoms with E-state index in [-0.39, 0.29) is 5.91 Å². The number of halogens is 1. The molecule has 0 radical (unpaired) electrons. The summed E-state index contributed by atoms with van der Waals surface area (Å²) in [5, 5.41) is 10.3. The summed E-state index contributed by atoms with van der Waals surface area (Å²) >= 11 is 0. The predicted molar refractivity (Wildman–Crippen MR) is 134 cm³/mol. The molecule has 0 bridgehead atoms. The second kappa shape index (κ2) is 8.66. The molecule has 5 aromatic heterocycles. The van der Waals surface area contributed by atoms with Gasteiger partial charge in [0.25, 0.3) is 0 Å². The molecule has 176 valence electrons. The number of aromatic nitrogens is 7. The van der Waals surface area contributed by atoms with Gasteiger partial charge in [0, 0.05) is 47.9 Å². The van der Waals surface area contributed by atoms with Gasteiger partial charge in [0.2, 0.25) is 5.91 Å². The number of hydrogen-bond acceptors (Lipinski definition) is 6. The molecule has 0 aliphatic heterocycles. The van der Waals surface area contributed by atoms with E-state index in [0.717, 1.165) is 11.1 Å². The van der Waals surface area contributed by atoms with Crippen LogP contribution in [0.25, 0.3) is 55.8 Å². The molecule has 0 saturated carbocycles. The predicted octanol–water partition coefficient (Wildman–Crippen LogP) is 5.11. The van der Waals surface area contributed by atoms with Crippen LogP contribution in [-0.4, -0.2) is 41.0 Å². The maximum absolute atomic E-state index is 16.0. The molecule has 0 fully saturated rings. The van der Waals surface area contributed by atoms with Crippen molar-refractivity contribution in [3.05, 3.63) is 73.2 Å². The third-order valence-corrected chi connectivity index (χ3v) is 5.88. The van der Waals surface area contributed by atoms with E-state index in [9.17, 15) is 4.79 Å². The van der Waals surface area contributed by atoms with Crippen LogP contribution in [0.1, 0.15) is 13.3 Å². The van der Waals surface area contributed by atoms with Crippen molar-refractivity contribution >= 4 is 33.5 Å². The molecule has 0 unspecified atom stereocenters. The normalized spacial score (nSPS) is 11.3. The highest BCUT2D eigenvalue weighted by molar-refractivity contribution is 5.98. The quantitative estimate of drug-likeness (QED) is 0.316. The van der Waals surface area contributed by atoms with Crippen LogP contribution in [0.4, 0.5) is 10.1 Å². The molecule has 0 aliphatic carbocycles. The minimum absolute atomic E-state index is 0.146. The van der Waals surface area contributed by atoms with E-state index >= 15 is 4.39 Å². The van der Waals surface area contributed by atoms with Crippen LogP contribution in [-0.2, 0) is 4.79 Å². The zero-order valence-corrected chi connectivity index (χ0v) is 19.1. The van der Waals surface area contributed by atoms with Crippen molar-refractivity contribution in [1.29, 1.82) is 0 Å². The highest BCUT2D eigenvalue weighted by atomic mass is 19.1. The van der Waals surface area contributed by atoms with Crippen molar-refractivity contribution in [2.24, 2.45) is 0 Å². The van der Waals surface area contributed by atoms with Crippen molar-refractivity contribution in [3.63, 3.8) is 0 Å². The Morgan fingerprint density at radius 2 is 1.89 bits per heavy atom. The number of pyridine rings is 3. The summed E-state index contributed by atoms with van der Waals surface area (Å²) in [6, 6.07) is 10.7. The number of imidazole rings is 1. The zero-order valence-electron chi connectivity index (χ0n) is 19.1. The fraction of sp³-hybridized carbons (Fsp3) is 0.0769. The second-order valence-corrected chi connectivity index (χ2v) is 8.17. The lowest BCUT2D eigenvalue weighted by atomic mass is 10.0. The molecule has 0 saturated heterocycles. The molecule has 5 heterocycles. The van der Waals surface area contributed by atoms with Crippen molar-refractivity contribution in [1.82, 2.24) is 35.1 Å². The third-order valence-electron chi connectivity index (χ3n) is 5.88. The fourth-order valence-electron chi connectivity index (χ4n) is 4.13. The van der Waals surface area contributed by atoms with Crippen LogP contribution in [0.5, 0.6) is 0 Å². The SMILES string of the molecule is CCC(=O)Nc1cncc(-c2ccc3[nH]nc(-c4nc5c(-c6cccnc6)nccc5[nH]4)c3c2F)c1. The van der Waals surface area contributed by atoms with E-state index in [1.54, 1.807) is 49.9 Å². The Balaban J connectivity index is 1.47. The molecular weight excluding hydrogens is 459 g/mol. The molecule has 3 N–H and O–H groups in total. The van der Waals surface area contributed by atoms with Gasteiger partial charge in [-0.05, 0) is 36.4 Å². The molecule has 0 spiro atoms. The number of nitrogens with zero attached hydrogens (tertiary/aromatic N) is 5. The van der Waals surface area contributed by atoms with E-state index in [1.165, 1.54) is 6.20 Å². The smallest absolute Gasteiger partial charge is 0.224 e. The number of rotatable bonds is 5. The van der Waals surface area contributed by atoms with E-state index in [4.69, 9.17) is 4.98 Å². The molecule has 10 heteroatoms. The Morgan fingerprint density at radius 1 is 1.00 bits per heavy atom. The summed E-state index contributed by atoms with van der Waals surface area (Å²) in [5.41, 5.74) is 5.11. The van der Waals surface area contributed by atoms with Crippen LogP contribution in [0, 0.1) is 5.82 Å². The minimum Gasteiger partial charge on any atom is -0.336 e. The standard InChI is InChI=1S/C26H19FN8O/c1-2-20(36)31-16-10-15(12-29-13-16)17-5-6-18-21(22(17)27)25(35-34-18)26-32-19-7-9-30-23(24(19)33-26)14-4-3-8-28-11-14/h3-13H,2H2,1H3,(H,31,36)(H,32,33)(H,34,35). The van der Waals surface area contributed by atoms with Gasteiger partial charge in [-0.3, -0.25) is 24.8 Å². The topological polar surface area (TPSA) is 125 Å². The third kappa shape index (κ3) is 3.65. The Kier molecular flexibility index (Phi) is 5.18. The van der Waals surface area contributed by atoms with Crippen LogP contribution in [0.3, 0.4) is 0 Å². The molecular formula is C26H19FN8O. The van der Waals surface area contributed by atoms with Crippen molar-refractivity contribution in [3.8, 4) is 33.9 Å². The van der Waals surface area contributed by atoms with Gasteiger partial charge in [-0.1, -0.05) is 6.92 Å². The number of H-pyrrole nitrogens is 2. The highest BCUT2D eigenvalue weighted by Crippen LogP contribution is 2.35. The molecule has 6 aromatic rings.